The first-order chi connectivity index (χ1) is 7.72. The summed E-state index contributed by atoms with van der Waals surface area (Å²) in [5, 5.41) is 10.0. The van der Waals surface area contributed by atoms with Gasteiger partial charge in [0.2, 0.25) is 5.91 Å². The third-order valence-corrected chi connectivity index (χ3v) is 2.45. The average molecular weight is 224 g/mol. The molecule has 16 heavy (non-hydrogen) atoms. The predicted molar refractivity (Wildman–Crippen MR) is 63.0 cm³/mol. The van der Waals surface area contributed by atoms with Gasteiger partial charge < -0.3 is 10.6 Å². The Bertz CT molecular complexity index is 297. The van der Waals surface area contributed by atoms with Crippen LogP contribution in [0.2, 0.25) is 0 Å². The van der Waals surface area contributed by atoms with Crippen LogP contribution in [0, 0.1) is 0 Å². The molecule has 1 heterocycles. The molecule has 1 rings (SSSR count). The number of amides is 1. The molecule has 0 bridgehead atoms. The first-order valence-electron chi connectivity index (χ1n) is 5.70. The molecule has 0 fully saturated rings. The third kappa shape index (κ3) is 4.93. The maximum Gasteiger partial charge on any atom is 0.234 e. The van der Waals surface area contributed by atoms with E-state index in [1.54, 1.807) is 10.9 Å². The van der Waals surface area contributed by atoms with Crippen molar-refractivity contribution in [2.24, 2.45) is 0 Å². The smallest absolute Gasteiger partial charge is 0.234 e. The van der Waals surface area contributed by atoms with Gasteiger partial charge in [0.15, 0.2) is 0 Å². The number of carbonyl (C=O) groups excluding carboxylic acids is 1. The Morgan fingerprint density at radius 2 is 2.38 bits per heavy atom. The van der Waals surface area contributed by atoms with Gasteiger partial charge in [-0.3, -0.25) is 9.48 Å². The van der Waals surface area contributed by atoms with Crippen LogP contribution in [0.15, 0.2) is 18.5 Å². The monoisotopic (exact) mass is 224 g/mol. The van der Waals surface area contributed by atoms with E-state index in [-0.39, 0.29) is 5.91 Å². The van der Waals surface area contributed by atoms with Gasteiger partial charge in [-0.15, -0.1) is 0 Å². The minimum absolute atomic E-state index is 0.0347. The zero-order valence-electron chi connectivity index (χ0n) is 9.94. The number of nitrogens with one attached hydrogen (secondary N) is 2. The van der Waals surface area contributed by atoms with Crippen molar-refractivity contribution in [3.63, 3.8) is 0 Å². The van der Waals surface area contributed by atoms with E-state index in [0.29, 0.717) is 25.7 Å². The van der Waals surface area contributed by atoms with Crippen molar-refractivity contribution >= 4 is 5.91 Å². The Hall–Kier alpha value is -1.36. The molecule has 0 saturated carbocycles. The van der Waals surface area contributed by atoms with E-state index in [1.165, 1.54) is 0 Å². The molecule has 5 heteroatoms. The second-order valence-corrected chi connectivity index (χ2v) is 3.81. The van der Waals surface area contributed by atoms with Gasteiger partial charge in [-0.25, -0.2) is 0 Å². The maximum absolute atomic E-state index is 11.4. The zero-order valence-corrected chi connectivity index (χ0v) is 9.94. The summed E-state index contributed by atoms with van der Waals surface area (Å²) in [6.07, 6.45) is 4.64. The molecule has 0 aromatic carbocycles. The molecule has 1 aromatic rings. The number of nitrogens with zero attached hydrogens (tertiary/aromatic N) is 2. The van der Waals surface area contributed by atoms with Crippen molar-refractivity contribution in [2.45, 2.75) is 32.9 Å². The van der Waals surface area contributed by atoms with Crippen LogP contribution in [0.4, 0.5) is 0 Å². The summed E-state index contributed by atoms with van der Waals surface area (Å²) in [5.41, 5.74) is 0. The lowest BCUT2D eigenvalue weighted by molar-refractivity contribution is -0.120. The van der Waals surface area contributed by atoms with E-state index in [0.717, 1.165) is 6.42 Å². The van der Waals surface area contributed by atoms with E-state index in [4.69, 9.17) is 0 Å². The summed E-state index contributed by atoms with van der Waals surface area (Å²) in [6, 6.07) is 2.25. The molecular weight excluding hydrogens is 204 g/mol. The van der Waals surface area contributed by atoms with E-state index < -0.39 is 0 Å². The highest BCUT2D eigenvalue weighted by Gasteiger charge is 2.02. The number of carbonyl (C=O) groups is 1. The fraction of sp³-hybridized carbons (Fsp3) is 0.636. The Labute approximate surface area is 96.2 Å². The van der Waals surface area contributed by atoms with Gasteiger partial charge >= 0.3 is 0 Å². The fourth-order valence-corrected chi connectivity index (χ4v) is 1.22. The molecule has 0 aliphatic rings. The molecule has 90 valence electrons. The largest absolute Gasteiger partial charge is 0.353 e. The molecule has 2 N–H and O–H groups in total. The average Bonchev–Trinajstić information content (AvgIpc) is 2.79. The highest BCUT2D eigenvalue weighted by atomic mass is 16.1. The second-order valence-electron chi connectivity index (χ2n) is 3.81. The Balaban J connectivity index is 2.06. The zero-order chi connectivity index (χ0) is 11.8. The van der Waals surface area contributed by atoms with Crippen molar-refractivity contribution in [1.82, 2.24) is 20.4 Å². The summed E-state index contributed by atoms with van der Waals surface area (Å²) < 4.78 is 1.79. The number of hydrogen-bond donors (Lipinski definition) is 2. The first kappa shape index (κ1) is 12.7. The Kier molecular flexibility index (Phi) is 5.56. The SMILES string of the molecule is CCC(C)NCC(=O)NCCn1cccn1. The lowest BCUT2D eigenvalue weighted by Gasteiger charge is -2.11. The minimum Gasteiger partial charge on any atom is -0.353 e. The molecule has 1 amide bonds. The van der Waals surface area contributed by atoms with Crippen molar-refractivity contribution in [3.8, 4) is 0 Å². The topological polar surface area (TPSA) is 59.0 Å². The molecule has 1 unspecified atom stereocenters. The number of hydrogen-bond acceptors (Lipinski definition) is 3. The van der Waals surface area contributed by atoms with Crippen molar-refractivity contribution in [1.29, 1.82) is 0 Å². The lowest BCUT2D eigenvalue weighted by atomic mass is 10.2. The van der Waals surface area contributed by atoms with Crippen LogP contribution in [-0.4, -0.2) is 34.8 Å². The van der Waals surface area contributed by atoms with Crippen LogP contribution in [0.5, 0.6) is 0 Å². The van der Waals surface area contributed by atoms with E-state index in [2.05, 4.69) is 29.6 Å². The molecule has 1 aromatic heterocycles. The highest BCUT2D eigenvalue weighted by Crippen LogP contribution is 1.86. The molecule has 0 radical (unpaired) electrons. The molecule has 0 aliphatic carbocycles. The summed E-state index contributed by atoms with van der Waals surface area (Å²) in [4.78, 5) is 11.4. The predicted octanol–water partition coefficient (Wildman–Crippen LogP) is 0.387. The molecular formula is C11H20N4O. The molecule has 0 saturated heterocycles. The van der Waals surface area contributed by atoms with Crippen molar-refractivity contribution < 1.29 is 4.79 Å². The van der Waals surface area contributed by atoms with Crippen LogP contribution < -0.4 is 10.6 Å². The lowest BCUT2D eigenvalue weighted by Crippen LogP contribution is -2.38. The quantitative estimate of drug-likeness (QED) is 0.704. The van der Waals surface area contributed by atoms with Gasteiger partial charge in [0.05, 0.1) is 13.1 Å². The van der Waals surface area contributed by atoms with E-state index in [1.807, 2.05) is 12.3 Å². The first-order valence-corrected chi connectivity index (χ1v) is 5.70. The second kappa shape index (κ2) is 7.00. The summed E-state index contributed by atoms with van der Waals surface area (Å²) in [5.74, 6) is 0.0347. The Morgan fingerprint density at radius 1 is 1.56 bits per heavy atom. The summed E-state index contributed by atoms with van der Waals surface area (Å²) in [6.45, 7) is 5.86. The molecule has 1 atom stereocenters. The van der Waals surface area contributed by atoms with Crippen molar-refractivity contribution in [2.75, 3.05) is 13.1 Å². The third-order valence-electron chi connectivity index (χ3n) is 2.45. The number of aromatic nitrogens is 2. The fourth-order valence-electron chi connectivity index (χ4n) is 1.22. The van der Waals surface area contributed by atoms with Gasteiger partial charge in [0.1, 0.15) is 0 Å². The van der Waals surface area contributed by atoms with Gasteiger partial charge in [0, 0.05) is 25.0 Å². The normalized spacial score (nSPS) is 12.4. The summed E-state index contributed by atoms with van der Waals surface area (Å²) >= 11 is 0. The van der Waals surface area contributed by atoms with Crippen LogP contribution in [-0.2, 0) is 11.3 Å². The highest BCUT2D eigenvalue weighted by molar-refractivity contribution is 5.77. The Morgan fingerprint density at radius 3 is 3.00 bits per heavy atom. The van der Waals surface area contributed by atoms with Gasteiger partial charge in [-0.05, 0) is 19.4 Å². The van der Waals surface area contributed by atoms with E-state index in [9.17, 15) is 4.79 Å². The minimum atomic E-state index is 0.0347. The molecule has 0 aliphatic heterocycles. The standard InChI is InChI=1S/C11H20N4O/c1-3-10(2)13-9-11(16)12-6-8-15-7-4-5-14-15/h4-5,7,10,13H,3,6,8-9H2,1-2H3,(H,12,16). The number of rotatable bonds is 7. The van der Waals surface area contributed by atoms with Crippen molar-refractivity contribution in [3.05, 3.63) is 18.5 Å². The van der Waals surface area contributed by atoms with Crippen LogP contribution in [0.25, 0.3) is 0 Å². The van der Waals surface area contributed by atoms with Gasteiger partial charge in [-0.2, -0.15) is 5.10 Å². The molecule has 5 nitrogen and oxygen atoms in total. The van der Waals surface area contributed by atoms with Gasteiger partial charge in [0.25, 0.3) is 0 Å². The van der Waals surface area contributed by atoms with E-state index >= 15 is 0 Å². The molecule has 0 spiro atoms. The summed E-state index contributed by atoms with van der Waals surface area (Å²) in [7, 11) is 0. The van der Waals surface area contributed by atoms with Crippen LogP contribution >= 0.6 is 0 Å². The van der Waals surface area contributed by atoms with Gasteiger partial charge in [-0.1, -0.05) is 6.92 Å². The maximum atomic E-state index is 11.4. The van der Waals surface area contributed by atoms with Crippen LogP contribution in [0.3, 0.4) is 0 Å². The van der Waals surface area contributed by atoms with Crippen LogP contribution in [0.1, 0.15) is 20.3 Å².